The van der Waals surface area contributed by atoms with Crippen LogP contribution in [0, 0.1) is 0 Å². The van der Waals surface area contributed by atoms with Crippen LogP contribution in [0.3, 0.4) is 0 Å². The van der Waals surface area contributed by atoms with E-state index in [0.717, 1.165) is 34.9 Å². The minimum Gasteiger partial charge on any atom is -0.354 e. The second-order valence-corrected chi connectivity index (χ2v) is 11.8. The summed E-state index contributed by atoms with van der Waals surface area (Å²) in [7, 11) is -3.51. The number of carbonyl (C=O) groups excluding carboxylic acids is 2. The fraction of sp³-hybridized carbons (Fsp3) is 0.481. The minimum atomic E-state index is -3.51. The number of unbranched alkanes of at least 4 members (excludes halogenated alkanes) is 1. The molecule has 2 rings (SSSR count). The molecule has 2 aromatic carbocycles. The van der Waals surface area contributed by atoms with Gasteiger partial charge in [-0.15, -0.1) is 0 Å². The maximum atomic E-state index is 13.3. The van der Waals surface area contributed by atoms with E-state index >= 15 is 0 Å². The average Bonchev–Trinajstić information content (AvgIpc) is 2.84. The summed E-state index contributed by atoms with van der Waals surface area (Å²) in [5.74, 6) is -0.386. The van der Waals surface area contributed by atoms with Crippen LogP contribution in [0.4, 0.5) is 5.69 Å². The van der Waals surface area contributed by atoms with Crippen molar-refractivity contribution >= 4 is 43.5 Å². The van der Waals surface area contributed by atoms with Crippen LogP contribution in [0.5, 0.6) is 0 Å². The Hall–Kier alpha value is -2.39. The molecule has 0 heterocycles. The van der Waals surface area contributed by atoms with Crippen molar-refractivity contribution in [2.75, 3.05) is 23.7 Å². The Morgan fingerprint density at radius 2 is 1.72 bits per heavy atom. The third kappa shape index (κ3) is 9.24. The van der Waals surface area contributed by atoms with Gasteiger partial charge in [-0.05, 0) is 61.6 Å². The average molecular weight is 581 g/mol. The molecule has 36 heavy (non-hydrogen) atoms. The predicted octanol–water partition coefficient (Wildman–Crippen LogP) is 4.89. The highest BCUT2D eigenvalue weighted by atomic mass is 79.9. The normalized spacial score (nSPS) is 12.1. The Balaban J connectivity index is 2.14. The van der Waals surface area contributed by atoms with Crippen molar-refractivity contribution in [2.45, 2.75) is 65.5 Å². The van der Waals surface area contributed by atoms with Crippen molar-refractivity contribution in [3.05, 3.63) is 64.1 Å². The van der Waals surface area contributed by atoms with Gasteiger partial charge in [0.2, 0.25) is 21.8 Å². The van der Waals surface area contributed by atoms with E-state index in [9.17, 15) is 18.0 Å². The lowest BCUT2D eigenvalue weighted by atomic mass is 10.1. The van der Waals surface area contributed by atoms with E-state index in [4.69, 9.17) is 0 Å². The molecule has 0 aliphatic carbocycles. The molecule has 0 radical (unpaired) electrons. The molecule has 0 aliphatic heterocycles. The van der Waals surface area contributed by atoms with Crippen LogP contribution in [-0.2, 0) is 32.6 Å². The number of anilines is 1. The molecule has 0 aliphatic rings. The number of halogens is 1. The SMILES string of the molecule is CCCCNC(=O)C(C)N(Cc1cccc(Br)c1)C(=O)CCCN(c1ccc(CC)cc1)S(C)(=O)=O. The summed E-state index contributed by atoms with van der Waals surface area (Å²) in [4.78, 5) is 27.7. The second kappa shape index (κ2) is 14.4. The van der Waals surface area contributed by atoms with E-state index in [1.54, 1.807) is 24.0 Å². The maximum absolute atomic E-state index is 13.3. The summed E-state index contributed by atoms with van der Waals surface area (Å²) < 4.78 is 27.2. The van der Waals surface area contributed by atoms with Crippen molar-refractivity contribution in [3.63, 3.8) is 0 Å². The van der Waals surface area contributed by atoms with Crippen LogP contribution in [0.15, 0.2) is 53.0 Å². The van der Waals surface area contributed by atoms with Gasteiger partial charge in [0, 0.05) is 30.5 Å². The molecule has 0 bridgehead atoms. The first kappa shape index (κ1) is 29.8. The topological polar surface area (TPSA) is 86.8 Å². The molecule has 2 aromatic rings. The molecule has 198 valence electrons. The number of nitrogens with one attached hydrogen (secondary N) is 1. The molecule has 1 atom stereocenters. The number of hydrogen-bond donors (Lipinski definition) is 1. The number of aryl methyl sites for hydroxylation is 1. The smallest absolute Gasteiger partial charge is 0.242 e. The first-order valence-electron chi connectivity index (χ1n) is 12.4. The Bertz CT molecular complexity index is 1110. The van der Waals surface area contributed by atoms with Crippen LogP contribution in [0.2, 0.25) is 0 Å². The van der Waals surface area contributed by atoms with Crippen molar-refractivity contribution < 1.29 is 18.0 Å². The summed E-state index contributed by atoms with van der Waals surface area (Å²) >= 11 is 3.46. The molecule has 0 saturated carbocycles. The summed E-state index contributed by atoms with van der Waals surface area (Å²) in [5.41, 5.74) is 2.60. The molecule has 1 N–H and O–H groups in total. The minimum absolute atomic E-state index is 0.125. The van der Waals surface area contributed by atoms with Gasteiger partial charge in [-0.3, -0.25) is 13.9 Å². The number of carbonyl (C=O) groups is 2. The first-order valence-corrected chi connectivity index (χ1v) is 15.1. The van der Waals surface area contributed by atoms with Gasteiger partial charge in [0.15, 0.2) is 0 Å². The standard InChI is InChI=1S/C27H38BrN3O4S/c1-5-7-17-29-27(33)21(3)30(20-23-10-8-11-24(28)19-23)26(32)12-9-18-31(36(4,34)35)25-15-13-22(6-2)14-16-25/h8,10-11,13-16,19,21H,5-7,9,12,17-18,20H2,1-4H3,(H,29,33). The fourth-order valence-corrected chi connectivity index (χ4v) is 5.26. The van der Waals surface area contributed by atoms with E-state index in [-0.39, 0.29) is 31.3 Å². The van der Waals surface area contributed by atoms with Crippen molar-refractivity contribution in [2.24, 2.45) is 0 Å². The molecule has 2 amide bonds. The molecule has 0 spiro atoms. The molecule has 7 nitrogen and oxygen atoms in total. The highest BCUT2D eigenvalue weighted by Gasteiger charge is 2.26. The molecule has 0 aromatic heterocycles. The molecule has 0 fully saturated rings. The third-order valence-corrected chi connectivity index (χ3v) is 7.71. The summed E-state index contributed by atoms with van der Waals surface area (Å²) in [5, 5.41) is 2.91. The van der Waals surface area contributed by atoms with Crippen LogP contribution in [-0.4, -0.2) is 50.5 Å². The third-order valence-electron chi connectivity index (χ3n) is 6.02. The van der Waals surface area contributed by atoms with Gasteiger partial charge in [-0.25, -0.2) is 8.42 Å². The van der Waals surface area contributed by atoms with E-state index in [0.29, 0.717) is 18.7 Å². The van der Waals surface area contributed by atoms with Crippen LogP contribution in [0.1, 0.15) is 57.6 Å². The van der Waals surface area contributed by atoms with Gasteiger partial charge in [0.1, 0.15) is 6.04 Å². The van der Waals surface area contributed by atoms with Crippen molar-refractivity contribution in [1.29, 1.82) is 0 Å². The zero-order valence-electron chi connectivity index (χ0n) is 21.7. The Morgan fingerprint density at radius 3 is 2.31 bits per heavy atom. The molecular formula is C27H38BrN3O4S. The van der Waals surface area contributed by atoms with E-state index in [2.05, 4.69) is 28.2 Å². The molecule has 0 saturated heterocycles. The predicted molar refractivity (Wildman–Crippen MR) is 149 cm³/mol. The highest BCUT2D eigenvalue weighted by molar-refractivity contribution is 9.10. The van der Waals surface area contributed by atoms with Gasteiger partial charge in [-0.2, -0.15) is 0 Å². The molecule has 9 heteroatoms. The van der Waals surface area contributed by atoms with Crippen molar-refractivity contribution in [1.82, 2.24) is 10.2 Å². The highest BCUT2D eigenvalue weighted by Crippen LogP contribution is 2.21. The zero-order chi connectivity index (χ0) is 26.7. The van der Waals surface area contributed by atoms with Gasteiger partial charge < -0.3 is 10.2 Å². The lowest BCUT2D eigenvalue weighted by Crippen LogP contribution is -2.48. The number of amides is 2. The summed E-state index contributed by atoms with van der Waals surface area (Å²) in [6.45, 7) is 6.86. The number of sulfonamides is 1. The van der Waals surface area contributed by atoms with E-state index in [1.165, 1.54) is 10.6 Å². The zero-order valence-corrected chi connectivity index (χ0v) is 24.1. The molecule has 1 unspecified atom stereocenters. The Kier molecular flexibility index (Phi) is 11.9. The lowest BCUT2D eigenvalue weighted by molar-refractivity contribution is -0.140. The Labute approximate surface area is 224 Å². The number of hydrogen-bond acceptors (Lipinski definition) is 4. The fourth-order valence-electron chi connectivity index (χ4n) is 3.85. The van der Waals surface area contributed by atoms with Gasteiger partial charge >= 0.3 is 0 Å². The number of rotatable bonds is 14. The summed E-state index contributed by atoms with van der Waals surface area (Å²) in [6, 6.07) is 14.4. The van der Waals surface area contributed by atoms with Crippen LogP contribution >= 0.6 is 15.9 Å². The van der Waals surface area contributed by atoms with Crippen LogP contribution in [0.25, 0.3) is 0 Å². The van der Waals surface area contributed by atoms with Crippen LogP contribution < -0.4 is 9.62 Å². The van der Waals surface area contributed by atoms with Crippen molar-refractivity contribution in [3.8, 4) is 0 Å². The van der Waals surface area contributed by atoms with E-state index < -0.39 is 16.1 Å². The van der Waals surface area contributed by atoms with Gasteiger partial charge in [-0.1, -0.05) is 60.5 Å². The number of benzene rings is 2. The first-order chi connectivity index (χ1) is 17.1. The van der Waals surface area contributed by atoms with Gasteiger partial charge in [0.05, 0.1) is 11.9 Å². The largest absolute Gasteiger partial charge is 0.354 e. The number of nitrogens with zero attached hydrogens (tertiary/aromatic N) is 2. The van der Waals surface area contributed by atoms with E-state index in [1.807, 2.05) is 43.3 Å². The van der Waals surface area contributed by atoms with Gasteiger partial charge in [0.25, 0.3) is 0 Å². The maximum Gasteiger partial charge on any atom is 0.242 e. The Morgan fingerprint density at radius 1 is 1.03 bits per heavy atom. The molecular weight excluding hydrogens is 542 g/mol. The lowest BCUT2D eigenvalue weighted by Gasteiger charge is -2.29. The second-order valence-electron chi connectivity index (χ2n) is 8.93. The summed E-state index contributed by atoms with van der Waals surface area (Å²) in [6.07, 6.45) is 4.34. The monoisotopic (exact) mass is 579 g/mol. The quantitative estimate of drug-likeness (QED) is 0.323.